The fourth-order valence-corrected chi connectivity index (χ4v) is 2.62. The van der Waals surface area contributed by atoms with Crippen molar-refractivity contribution in [1.82, 2.24) is 4.98 Å². The predicted octanol–water partition coefficient (Wildman–Crippen LogP) is 3.45. The number of thiophene rings is 1. The standard InChI is InChI=1S/C9H4F3NOS2/c10-9(11,12)8-7(16-4-13-8)6(14)5-2-1-3-15-5/h1-4H. The second kappa shape index (κ2) is 3.99. The first-order valence-electron chi connectivity index (χ1n) is 4.09. The first-order chi connectivity index (χ1) is 7.50. The normalized spacial score (nSPS) is 11.7. The van der Waals surface area contributed by atoms with Crippen molar-refractivity contribution in [3.63, 3.8) is 0 Å². The van der Waals surface area contributed by atoms with Gasteiger partial charge in [-0.25, -0.2) is 4.98 Å². The van der Waals surface area contributed by atoms with Crippen LogP contribution >= 0.6 is 22.7 Å². The van der Waals surface area contributed by atoms with Gasteiger partial charge in [-0.2, -0.15) is 13.2 Å². The van der Waals surface area contributed by atoms with Crippen molar-refractivity contribution in [3.05, 3.63) is 38.5 Å². The Morgan fingerprint density at radius 1 is 1.31 bits per heavy atom. The van der Waals surface area contributed by atoms with E-state index in [1.54, 1.807) is 11.4 Å². The molecule has 2 heterocycles. The maximum Gasteiger partial charge on any atom is 0.434 e. The van der Waals surface area contributed by atoms with E-state index in [1.807, 2.05) is 0 Å². The third kappa shape index (κ3) is 2.00. The maximum atomic E-state index is 12.5. The average Bonchev–Trinajstić information content (AvgIpc) is 2.87. The number of nitrogens with zero attached hydrogens (tertiary/aromatic N) is 1. The second-order valence-corrected chi connectivity index (χ2v) is 4.64. The Bertz CT molecular complexity index is 501. The molecule has 2 aromatic heterocycles. The molecule has 0 saturated carbocycles. The van der Waals surface area contributed by atoms with Crippen molar-refractivity contribution in [2.45, 2.75) is 6.18 Å². The minimum Gasteiger partial charge on any atom is -0.287 e. The van der Waals surface area contributed by atoms with Crippen LogP contribution in [0.5, 0.6) is 0 Å². The third-order valence-corrected chi connectivity index (χ3v) is 3.48. The van der Waals surface area contributed by atoms with Crippen molar-refractivity contribution in [2.75, 3.05) is 0 Å². The monoisotopic (exact) mass is 263 g/mol. The Hall–Kier alpha value is -1.21. The quantitative estimate of drug-likeness (QED) is 0.777. The topological polar surface area (TPSA) is 30.0 Å². The van der Waals surface area contributed by atoms with E-state index in [1.165, 1.54) is 6.07 Å². The minimum absolute atomic E-state index is 0.287. The fourth-order valence-electron chi connectivity index (χ4n) is 1.13. The average molecular weight is 263 g/mol. The van der Waals surface area contributed by atoms with Crippen molar-refractivity contribution in [2.24, 2.45) is 0 Å². The van der Waals surface area contributed by atoms with E-state index in [0.717, 1.165) is 16.8 Å². The predicted molar refractivity (Wildman–Crippen MR) is 54.9 cm³/mol. The summed E-state index contributed by atoms with van der Waals surface area (Å²) in [5.74, 6) is -0.621. The van der Waals surface area contributed by atoms with E-state index in [9.17, 15) is 18.0 Å². The summed E-state index contributed by atoms with van der Waals surface area (Å²) >= 11 is 1.82. The molecule has 16 heavy (non-hydrogen) atoms. The van der Waals surface area contributed by atoms with Crippen molar-refractivity contribution in [3.8, 4) is 0 Å². The molecule has 2 rings (SSSR count). The Morgan fingerprint density at radius 3 is 2.62 bits per heavy atom. The van der Waals surface area contributed by atoms with Gasteiger partial charge in [0, 0.05) is 0 Å². The molecular weight excluding hydrogens is 259 g/mol. The molecule has 2 nitrogen and oxygen atoms in total. The highest BCUT2D eigenvalue weighted by Crippen LogP contribution is 2.34. The first kappa shape index (κ1) is 11.3. The van der Waals surface area contributed by atoms with Crippen molar-refractivity contribution < 1.29 is 18.0 Å². The summed E-state index contributed by atoms with van der Waals surface area (Å²) in [6.07, 6.45) is -4.58. The van der Waals surface area contributed by atoms with Gasteiger partial charge in [-0.15, -0.1) is 22.7 Å². The molecule has 2 aromatic rings. The molecule has 0 atom stereocenters. The molecular formula is C9H4F3NOS2. The van der Waals surface area contributed by atoms with Crippen LogP contribution in [0.1, 0.15) is 20.2 Å². The zero-order chi connectivity index (χ0) is 11.8. The number of aromatic nitrogens is 1. The summed E-state index contributed by atoms with van der Waals surface area (Å²) in [5.41, 5.74) is -0.0696. The van der Waals surface area contributed by atoms with Gasteiger partial charge in [0.1, 0.15) is 4.88 Å². The van der Waals surface area contributed by atoms with E-state index >= 15 is 0 Å². The molecule has 0 unspecified atom stereocenters. The molecule has 0 fully saturated rings. The number of alkyl halides is 3. The number of ketones is 1. The largest absolute Gasteiger partial charge is 0.434 e. The van der Waals surface area contributed by atoms with Crippen LogP contribution in [0.4, 0.5) is 13.2 Å². The number of halogens is 3. The number of carbonyl (C=O) groups is 1. The summed E-state index contributed by atoms with van der Waals surface area (Å²) in [7, 11) is 0. The molecule has 0 aromatic carbocycles. The molecule has 0 aliphatic rings. The van der Waals surface area contributed by atoms with Crippen LogP contribution in [-0.2, 0) is 6.18 Å². The van der Waals surface area contributed by atoms with Gasteiger partial charge in [-0.3, -0.25) is 4.79 Å². The summed E-state index contributed by atoms with van der Waals surface area (Å²) in [6.45, 7) is 0. The van der Waals surface area contributed by atoms with Gasteiger partial charge in [0.25, 0.3) is 0 Å². The molecule has 0 N–H and O–H groups in total. The van der Waals surface area contributed by atoms with Gasteiger partial charge in [-0.05, 0) is 11.4 Å². The molecule has 0 spiro atoms. The van der Waals surface area contributed by atoms with Crippen molar-refractivity contribution in [1.29, 1.82) is 0 Å². The summed E-state index contributed by atoms with van der Waals surface area (Å²) in [6, 6.07) is 3.11. The van der Waals surface area contributed by atoms with Gasteiger partial charge >= 0.3 is 6.18 Å². The molecule has 0 amide bonds. The molecule has 0 bridgehead atoms. The van der Waals surface area contributed by atoms with Crippen LogP contribution in [0.2, 0.25) is 0 Å². The first-order valence-corrected chi connectivity index (χ1v) is 5.85. The van der Waals surface area contributed by atoms with Gasteiger partial charge < -0.3 is 0 Å². The minimum atomic E-state index is -4.58. The molecule has 7 heteroatoms. The van der Waals surface area contributed by atoms with E-state index in [0.29, 0.717) is 11.3 Å². The maximum absolute atomic E-state index is 12.5. The third-order valence-electron chi connectivity index (χ3n) is 1.79. The molecule has 84 valence electrons. The Kier molecular flexibility index (Phi) is 2.81. The zero-order valence-corrected chi connectivity index (χ0v) is 9.25. The number of rotatable bonds is 2. The number of thiazole rings is 1. The van der Waals surface area contributed by atoms with Crippen LogP contribution in [-0.4, -0.2) is 10.8 Å². The van der Waals surface area contributed by atoms with Crippen LogP contribution < -0.4 is 0 Å². The van der Waals surface area contributed by atoms with Gasteiger partial charge in [0.2, 0.25) is 5.78 Å². The van der Waals surface area contributed by atoms with Crippen LogP contribution in [0.15, 0.2) is 23.0 Å². The van der Waals surface area contributed by atoms with E-state index in [-0.39, 0.29) is 9.75 Å². The molecule has 0 aliphatic heterocycles. The Balaban J connectivity index is 2.43. The lowest BCUT2D eigenvalue weighted by molar-refractivity contribution is -0.141. The second-order valence-electron chi connectivity index (χ2n) is 2.83. The van der Waals surface area contributed by atoms with Crippen LogP contribution in [0, 0.1) is 0 Å². The lowest BCUT2D eigenvalue weighted by atomic mass is 10.2. The number of carbonyl (C=O) groups excluding carboxylic acids is 1. The Morgan fingerprint density at radius 2 is 2.06 bits per heavy atom. The Labute approximate surface area is 96.4 Å². The molecule has 0 aliphatic carbocycles. The van der Waals surface area contributed by atoms with Crippen LogP contribution in [0.25, 0.3) is 0 Å². The number of hydrogen-bond acceptors (Lipinski definition) is 4. The van der Waals surface area contributed by atoms with Gasteiger partial charge in [0.05, 0.1) is 10.4 Å². The van der Waals surface area contributed by atoms with Gasteiger partial charge in [0.15, 0.2) is 5.69 Å². The summed E-state index contributed by atoms with van der Waals surface area (Å²) in [5, 5.41) is 1.64. The highest BCUT2D eigenvalue weighted by molar-refractivity contribution is 7.15. The SMILES string of the molecule is O=C(c1cccs1)c1scnc1C(F)(F)F. The fraction of sp³-hybridized carbons (Fsp3) is 0.111. The lowest BCUT2D eigenvalue weighted by Gasteiger charge is -2.04. The van der Waals surface area contributed by atoms with Crippen LogP contribution in [0.3, 0.4) is 0 Å². The number of hydrogen-bond donors (Lipinski definition) is 0. The van der Waals surface area contributed by atoms with Crippen molar-refractivity contribution >= 4 is 28.5 Å². The lowest BCUT2D eigenvalue weighted by Crippen LogP contribution is -2.11. The molecule has 0 radical (unpaired) electrons. The summed E-state index contributed by atoms with van der Waals surface area (Å²) < 4.78 is 37.4. The smallest absolute Gasteiger partial charge is 0.287 e. The zero-order valence-electron chi connectivity index (χ0n) is 7.62. The van der Waals surface area contributed by atoms with E-state index in [4.69, 9.17) is 0 Å². The molecule has 0 saturated heterocycles. The summed E-state index contributed by atoms with van der Waals surface area (Å²) in [4.78, 5) is 14.8. The highest BCUT2D eigenvalue weighted by Gasteiger charge is 2.38. The van der Waals surface area contributed by atoms with E-state index < -0.39 is 17.7 Å². The van der Waals surface area contributed by atoms with E-state index in [2.05, 4.69) is 4.98 Å². The highest BCUT2D eigenvalue weighted by atomic mass is 32.1. The van der Waals surface area contributed by atoms with Gasteiger partial charge in [-0.1, -0.05) is 6.07 Å².